The highest BCUT2D eigenvalue weighted by atomic mass is 16.3. The van der Waals surface area contributed by atoms with Gasteiger partial charge >= 0.3 is 0 Å². The van der Waals surface area contributed by atoms with Gasteiger partial charge in [-0.25, -0.2) is 9.97 Å². The maximum atomic E-state index is 6.07. The molecular formula is C46H29N3O. The lowest BCUT2D eigenvalue weighted by atomic mass is 10.00. The maximum Gasteiger partial charge on any atom is 0.160 e. The maximum absolute atomic E-state index is 6.07. The van der Waals surface area contributed by atoms with Crippen molar-refractivity contribution in [1.29, 1.82) is 0 Å². The number of hydrogen-bond acceptors (Lipinski definition) is 3. The standard InChI is InChI=1S/C46H29N3O/c1-2-11-31(12-3-1)40-29-41(32-23-21-30(22-24-32)33-25-26-45-39(28-33)38-17-6-9-20-44(38)50-45)48-46(47-40)34-13-10-14-35(27-34)49-42-18-7-4-15-36(42)37-16-5-8-19-43(37)49/h1-29H. The number of aromatic nitrogens is 3. The lowest BCUT2D eigenvalue weighted by Crippen LogP contribution is -1.98. The van der Waals surface area contributed by atoms with E-state index in [2.05, 4.69) is 162 Å². The molecule has 3 aromatic heterocycles. The molecule has 0 unspecified atom stereocenters. The number of fused-ring (bicyclic) bond motifs is 6. The van der Waals surface area contributed by atoms with E-state index < -0.39 is 0 Å². The van der Waals surface area contributed by atoms with E-state index in [1.807, 2.05) is 18.2 Å². The van der Waals surface area contributed by atoms with Crippen LogP contribution in [-0.4, -0.2) is 14.5 Å². The van der Waals surface area contributed by atoms with Gasteiger partial charge in [0.25, 0.3) is 0 Å². The Labute approximate surface area is 288 Å². The Morgan fingerprint density at radius 1 is 0.360 bits per heavy atom. The van der Waals surface area contributed by atoms with Crippen LogP contribution in [0.25, 0.3) is 94.5 Å². The van der Waals surface area contributed by atoms with Crippen LogP contribution in [-0.2, 0) is 0 Å². The molecule has 0 bridgehead atoms. The molecule has 7 aromatic carbocycles. The van der Waals surface area contributed by atoms with Crippen LogP contribution in [0.2, 0.25) is 0 Å². The second-order valence-corrected chi connectivity index (χ2v) is 12.6. The SMILES string of the molecule is c1ccc(-c2cc(-c3ccc(-c4ccc5oc6ccccc6c5c4)cc3)nc(-c3cccc(-n4c5ccccc5c5ccccc54)c3)n2)cc1. The van der Waals surface area contributed by atoms with E-state index in [1.165, 1.54) is 21.8 Å². The fraction of sp³-hybridized carbons (Fsp3) is 0. The smallest absolute Gasteiger partial charge is 0.160 e. The molecule has 234 valence electrons. The molecule has 0 spiro atoms. The van der Waals surface area contributed by atoms with Crippen molar-refractivity contribution in [2.24, 2.45) is 0 Å². The summed E-state index contributed by atoms with van der Waals surface area (Å²) in [7, 11) is 0. The topological polar surface area (TPSA) is 43.9 Å². The zero-order valence-corrected chi connectivity index (χ0v) is 27.0. The van der Waals surface area contributed by atoms with Gasteiger partial charge in [-0.05, 0) is 59.7 Å². The Bertz CT molecular complexity index is 2810. The van der Waals surface area contributed by atoms with Gasteiger partial charge in [0, 0.05) is 43.9 Å². The summed E-state index contributed by atoms with van der Waals surface area (Å²) in [4.78, 5) is 10.3. The highest BCUT2D eigenvalue weighted by Crippen LogP contribution is 2.36. The third kappa shape index (κ3) is 4.69. The van der Waals surface area contributed by atoms with Crippen LogP contribution < -0.4 is 0 Å². The molecule has 50 heavy (non-hydrogen) atoms. The Hall–Kier alpha value is -6.78. The molecule has 0 radical (unpaired) electrons. The fourth-order valence-electron chi connectivity index (χ4n) is 7.20. The summed E-state index contributed by atoms with van der Waals surface area (Å²) in [6.07, 6.45) is 0. The molecule has 0 N–H and O–H groups in total. The molecule has 0 amide bonds. The normalized spacial score (nSPS) is 11.6. The highest BCUT2D eigenvalue weighted by molar-refractivity contribution is 6.09. The van der Waals surface area contributed by atoms with Crippen molar-refractivity contribution in [3.8, 4) is 50.7 Å². The van der Waals surface area contributed by atoms with Crippen molar-refractivity contribution in [2.75, 3.05) is 0 Å². The van der Waals surface area contributed by atoms with Crippen LogP contribution in [0.4, 0.5) is 0 Å². The second kappa shape index (κ2) is 11.4. The summed E-state index contributed by atoms with van der Waals surface area (Å²) in [6, 6.07) is 61.4. The summed E-state index contributed by atoms with van der Waals surface area (Å²) < 4.78 is 8.40. The van der Waals surface area contributed by atoms with Gasteiger partial charge in [0.2, 0.25) is 0 Å². The van der Waals surface area contributed by atoms with Crippen molar-refractivity contribution in [3.05, 3.63) is 176 Å². The van der Waals surface area contributed by atoms with E-state index >= 15 is 0 Å². The van der Waals surface area contributed by atoms with Gasteiger partial charge < -0.3 is 8.98 Å². The molecule has 10 aromatic rings. The van der Waals surface area contributed by atoms with Gasteiger partial charge in [-0.1, -0.05) is 127 Å². The van der Waals surface area contributed by atoms with E-state index in [1.54, 1.807) is 0 Å². The minimum Gasteiger partial charge on any atom is -0.456 e. The van der Waals surface area contributed by atoms with Gasteiger partial charge in [0.05, 0.1) is 22.4 Å². The summed E-state index contributed by atoms with van der Waals surface area (Å²) in [5, 5.41) is 4.72. The first-order valence-corrected chi connectivity index (χ1v) is 16.8. The first-order valence-electron chi connectivity index (χ1n) is 16.8. The molecule has 0 atom stereocenters. The third-order valence-corrected chi connectivity index (χ3v) is 9.63. The molecule has 4 heteroatoms. The van der Waals surface area contributed by atoms with Gasteiger partial charge in [-0.15, -0.1) is 0 Å². The second-order valence-electron chi connectivity index (χ2n) is 12.6. The van der Waals surface area contributed by atoms with Crippen molar-refractivity contribution >= 4 is 43.7 Å². The van der Waals surface area contributed by atoms with Crippen molar-refractivity contribution < 1.29 is 4.42 Å². The van der Waals surface area contributed by atoms with Crippen molar-refractivity contribution in [3.63, 3.8) is 0 Å². The summed E-state index contributed by atoms with van der Waals surface area (Å²) in [5.74, 6) is 0.685. The number of benzene rings is 7. The monoisotopic (exact) mass is 639 g/mol. The largest absolute Gasteiger partial charge is 0.456 e. The predicted molar refractivity (Wildman–Crippen MR) is 205 cm³/mol. The average Bonchev–Trinajstić information content (AvgIpc) is 3.74. The Kier molecular flexibility index (Phi) is 6.46. The quantitative estimate of drug-likeness (QED) is 0.188. The predicted octanol–water partition coefficient (Wildman–Crippen LogP) is 12.1. The Morgan fingerprint density at radius 3 is 1.66 bits per heavy atom. The molecule has 0 aliphatic heterocycles. The summed E-state index contributed by atoms with van der Waals surface area (Å²) >= 11 is 0. The van der Waals surface area contributed by atoms with Gasteiger partial charge in [-0.3, -0.25) is 0 Å². The molecule has 0 aliphatic carbocycles. The van der Waals surface area contributed by atoms with Crippen LogP contribution in [0.1, 0.15) is 0 Å². The molecule has 0 fully saturated rings. The minimum absolute atomic E-state index is 0.685. The van der Waals surface area contributed by atoms with E-state index in [-0.39, 0.29) is 0 Å². The van der Waals surface area contributed by atoms with Crippen LogP contribution >= 0.6 is 0 Å². The van der Waals surface area contributed by atoms with E-state index in [0.717, 1.165) is 66.8 Å². The summed E-state index contributed by atoms with van der Waals surface area (Å²) in [5.41, 5.74) is 12.3. The highest BCUT2D eigenvalue weighted by Gasteiger charge is 2.15. The zero-order chi connectivity index (χ0) is 33.0. The van der Waals surface area contributed by atoms with Gasteiger partial charge in [-0.2, -0.15) is 0 Å². The molecule has 3 heterocycles. The molecule has 0 saturated carbocycles. The number of rotatable bonds is 5. The van der Waals surface area contributed by atoms with Gasteiger partial charge in [0.15, 0.2) is 5.82 Å². The summed E-state index contributed by atoms with van der Waals surface area (Å²) in [6.45, 7) is 0. The van der Waals surface area contributed by atoms with E-state index in [9.17, 15) is 0 Å². The van der Waals surface area contributed by atoms with Crippen molar-refractivity contribution in [1.82, 2.24) is 14.5 Å². The Balaban J connectivity index is 1.08. The average molecular weight is 640 g/mol. The third-order valence-electron chi connectivity index (χ3n) is 9.63. The molecule has 0 saturated heterocycles. The fourth-order valence-corrected chi connectivity index (χ4v) is 7.20. The van der Waals surface area contributed by atoms with Crippen LogP contribution in [0, 0.1) is 0 Å². The minimum atomic E-state index is 0.685. The number of hydrogen-bond donors (Lipinski definition) is 0. The first-order chi connectivity index (χ1) is 24.8. The number of furan rings is 1. The Morgan fingerprint density at radius 2 is 0.920 bits per heavy atom. The lowest BCUT2D eigenvalue weighted by molar-refractivity contribution is 0.669. The molecule has 4 nitrogen and oxygen atoms in total. The van der Waals surface area contributed by atoms with E-state index in [4.69, 9.17) is 14.4 Å². The molecule has 10 rings (SSSR count). The van der Waals surface area contributed by atoms with Crippen LogP contribution in [0.15, 0.2) is 180 Å². The number of nitrogens with zero attached hydrogens (tertiary/aromatic N) is 3. The van der Waals surface area contributed by atoms with Crippen molar-refractivity contribution in [2.45, 2.75) is 0 Å². The zero-order valence-electron chi connectivity index (χ0n) is 27.0. The number of para-hydroxylation sites is 3. The van der Waals surface area contributed by atoms with Crippen LogP contribution in [0.3, 0.4) is 0 Å². The molecule has 0 aliphatic rings. The van der Waals surface area contributed by atoms with Crippen LogP contribution in [0.5, 0.6) is 0 Å². The van der Waals surface area contributed by atoms with Gasteiger partial charge in [0.1, 0.15) is 11.2 Å². The molecular weight excluding hydrogens is 611 g/mol. The lowest BCUT2D eigenvalue weighted by Gasteiger charge is -2.12. The first kappa shape index (κ1) is 28.3. The van der Waals surface area contributed by atoms with E-state index in [0.29, 0.717) is 5.82 Å².